The number of rotatable bonds is 7. The fourth-order valence-corrected chi connectivity index (χ4v) is 2.80. The summed E-state index contributed by atoms with van der Waals surface area (Å²) in [7, 11) is 0. The van der Waals surface area contributed by atoms with Crippen molar-refractivity contribution >= 4 is 11.9 Å². The maximum absolute atomic E-state index is 12.1. The van der Waals surface area contributed by atoms with E-state index in [1.165, 1.54) is 0 Å². The molecule has 0 spiro atoms. The standard InChI is InChI=1S/C16H30N2O3/c1-12(2)8-9-13(3)17-15(19)11-18-10-6-4-5-7-14(18)16(20)21/h12-14H,4-11H2,1-3H3,(H,17,19)(H,20,21). The van der Waals surface area contributed by atoms with Crippen molar-refractivity contribution in [2.24, 2.45) is 5.92 Å². The third kappa shape index (κ3) is 6.93. The zero-order chi connectivity index (χ0) is 15.8. The van der Waals surface area contributed by atoms with Gasteiger partial charge in [0.15, 0.2) is 0 Å². The molecule has 0 saturated carbocycles. The first-order valence-electron chi connectivity index (χ1n) is 8.16. The third-order valence-electron chi connectivity index (χ3n) is 4.08. The monoisotopic (exact) mass is 298 g/mol. The number of aliphatic carboxylic acids is 1. The zero-order valence-corrected chi connectivity index (χ0v) is 13.6. The molecular formula is C16H30N2O3. The molecule has 0 radical (unpaired) electrons. The molecule has 2 unspecified atom stereocenters. The van der Waals surface area contributed by atoms with Crippen LogP contribution in [0, 0.1) is 5.92 Å². The molecule has 5 heteroatoms. The topological polar surface area (TPSA) is 69.6 Å². The minimum absolute atomic E-state index is 0.0561. The van der Waals surface area contributed by atoms with Crippen molar-refractivity contribution in [2.75, 3.05) is 13.1 Å². The minimum Gasteiger partial charge on any atom is -0.480 e. The second kappa shape index (κ2) is 9.03. The third-order valence-corrected chi connectivity index (χ3v) is 4.08. The number of nitrogens with one attached hydrogen (secondary N) is 1. The van der Waals surface area contributed by atoms with E-state index in [9.17, 15) is 14.7 Å². The van der Waals surface area contributed by atoms with Crippen molar-refractivity contribution in [3.8, 4) is 0 Å². The van der Waals surface area contributed by atoms with Gasteiger partial charge in [-0.3, -0.25) is 14.5 Å². The van der Waals surface area contributed by atoms with Crippen molar-refractivity contribution in [2.45, 2.75) is 71.4 Å². The van der Waals surface area contributed by atoms with Gasteiger partial charge in [0.05, 0.1) is 6.54 Å². The van der Waals surface area contributed by atoms with E-state index in [4.69, 9.17) is 0 Å². The molecule has 1 aliphatic rings. The predicted octanol–water partition coefficient (Wildman–Crippen LogP) is 2.26. The van der Waals surface area contributed by atoms with Crippen LogP contribution in [-0.4, -0.2) is 47.1 Å². The van der Waals surface area contributed by atoms with E-state index in [0.717, 1.165) is 32.1 Å². The first-order chi connectivity index (χ1) is 9.90. The number of hydrogen-bond acceptors (Lipinski definition) is 3. The summed E-state index contributed by atoms with van der Waals surface area (Å²) >= 11 is 0. The lowest BCUT2D eigenvalue weighted by atomic mass is 10.0. The summed E-state index contributed by atoms with van der Waals surface area (Å²) < 4.78 is 0. The van der Waals surface area contributed by atoms with Gasteiger partial charge in [-0.15, -0.1) is 0 Å². The summed E-state index contributed by atoms with van der Waals surface area (Å²) in [4.78, 5) is 25.2. The highest BCUT2D eigenvalue weighted by Crippen LogP contribution is 2.16. The fraction of sp³-hybridized carbons (Fsp3) is 0.875. The van der Waals surface area contributed by atoms with Crippen molar-refractivity contribution in [1.82, 2.24) is 10.2 Å². The summed E-state index contributed by atoms with van der Waals surface area (Å²) in [5.74, 6) is -0.233. The Hall–Kier alpha value is -1.10. The summed E-state index contributed by atoms with van der Waals surface area (Å²) in [6, 6.07) is -0.362. The number of nitrogens with zero attached hydrogens (tertiary/aromatic N) is 1. The Morgan fingerprint density at radius 2 is 1.90 bits per heavy atom. The average Bonchev–Trinajstić information content (AvgIpc) is 2.61. The van der Waals surface area contributed by atoms with Gasteiger partial charge in [0.25, 0.3) is 0 Å². The number of carbonyl (C=O) groups is 2. The van der Waals surface area contributed by atoms with Gasteiger partial charge in [-0.25, -0.2) is 0 Å². The van der Waals surface area contributed by atoms with Crippen LogP contribution < -0.4 is 5.32 Å². The summed E-state index contributed by atoms with van der Waals surface area (Å²) in [5.41, 5.74) is 0. The van der Waals surface area contributed by atoms with Crippen molar-refractivity contribution in [3.05, 3.63) is 0 Å². The van der Waals surface area contributed by atoms with Crippen LogP contribution in [-0.2, 0) is 9.59 Å². The van der Waals surface area contributed by atoms with E-state index in [2.05, 4.69) is 19.2 Å². The number of amides is 1. The van der Waals surface area contributed by atoms with E-state index >= 15 is 0 Å². The van der Waals surface area contributed by atoms with Crippen molar-refractivity contribution in [1.29, 1.82) is 0 Å². The van der Waals surface area contributed by atoms with E-state index in [1.807, 2.05) is 11.8 Å². The van der Waals surface area contributed by atoms with Crippen LogP contribution in [0.2, 0.25) is 0 Å². The van der Waals surface area contributed by atoms with Crippen LogP contribution in [0.5, 0.6) is 0 Å². The summed E-state index contributed by atoms with van der Waals surface area (Å²) in [5, 5.41) is 12.3. The maximum Gasteiger partial charge on any atom is 0.320 e. The molecule has 1 rings (SSSR count). The Morgan fingerprint density at radius 3 is 2.52 bits per heavy atom. The Bertz CT molecular complexity index is 344. The predicted molar refractivity (Wildman–Crippen MR) is 83.1 cm³/mol. The van der Waals surface area contributed by atoms with Gasteiger partial charge >= 0.3 is 5.97 Å². The van der Waals surface area contributed by atoms with Crippen LogP contribution in [0.25, 0.3) is 0 Å². The molecular weight excluding hydrogens is 268 g/mol. The molecule has 0 aromatic heterocycles. The SMILES string of the molecule is CC(C)CCC(C)NC(=O)CN1CCCCCC1C(=O)O. The molecule has 2 atom stereocenters. The smallest absolute Gasteiger partial charge is 0.320 e. The lowest BCUT2D eigenvalue weighted by Gasteiger charge is -2.26. The van der Waals surface area contributed by atoms with Crippen LogP contribution in [0.1, 0.15) is 59.3 Å². The molecule has 0 bridgehead atoms. The minimum atomic E-state index is -0.808. The molecule has 21 heavy (non-hydrogen) atoms. The van der Waals surface area contributed by atoms with E-state index in [0.29, 0.717) is 18.9 Å². The molecule has 1 saturated heterocycles. The van der Waals surface area contributed by atoms with Crippen LogP contribution >= 0.6 is 0 Å². The highest BCUT2D eigenvalue weighted by molar-refractivity contribution is 5.80. The molecule has 5 nitrogen and oxygen atoms in total. The first-order valence-corrected chi connectivity index (χ1v) is 8.16. The molecule has 1 heterocycles. The number of hydrogen-bond donors (Lipinski definition) is 2. The second-order valence-corrected chi connectivity index (χ2v) is 6.61. The van der Waals surface area contributed by atoms with Crippen molar-refractivity contribution in [3.63, 3.8) is 0 Å². The Kier molecular flexibility index (Phi) is 7.72. The highest BCUT2D eigenvalue weighted by atomic mass is 16.4. The summed E-state index contributed by atoms with van der Waals surface area (Å²) in [6.07, 6.45) is 5.65. The first kappa shape index (κ1) is 18.0. The largest absolute Gasteiger partial charge is 0.480 e. The number of carboxylic acid groups (broad SMARTS) is 1. The molecule has 0 aromatic carbocycles. The fourth-order valence-electron chi connectivity index (χ4n) is 2.80. The number of carbonyl (C=O) groups excluding carboxylic acids is 1. The average molecular weight is 298 g/mol. The maximum atomic E-state index is 12.1. The van der Waals surface area contributed by atoms with Crippen LogP contribution in [0.15, 0.2) is 0 Å². The van der Waals surface area contributed by atoms with Gasteiger partial charge in [0, 0.05) is 6.04 Å². The molecule has 1 aliphatic heterocycles. The summed E-state index contributed by atoms with van der Waals surface area (Å²) in [6.45, 7) is 7.25. The van der Waals surface area contributed by atoms with Gasteiger partial charge in [0.2, 0.25) is 5.91 Å². The lowest BCUT2D eigenvalue weighted by molar-refractivity contribution is -0.144. The van der Waals surface area contributed by atoms with Crippen molar-refractivity contribution < 1.29 is 14.7 Å². The van der Waals surface area contributed by atoms with Gasteiger partial charge in [-0.1, -0.05) is 26.7 Å². The zero-order valence-electron chi connectivity index (χ0n) is 13.6. The lowest BCUT2D eigenvalue weighted by Crippen LogP contribution is -2.47. The Balaban J connectivity index is 2.45. The normalized spacial score (nSPS) is 21.8. The van der Waals surface area contributed by atoms with Gasteiger partial charge in [-0.05, 0) is 45.1 Å². The molecule has 2 N–H and O–H groups in total. The molecule has 0 aliphatic carbocycles. The molecule has 1 fully saturated rings. The molecule has 0 aromatic rings. The Morgan fingerprint density at radius 1 is 1.19 bits per heavy atom. The second-order valence-electron chi connectivity index (χ2n) is 6.61. The Labute approximate surface area is 128 Å². The molecule has 122 valence electrons. The highest BCUT2D eigenvalue weighted by Gasteiger charge is 2.28. The van der Waals surface area contributed by atoms with Crippen LogP contribution in [0.3, 0.4) is 0 Å². The number of likely N-dealkylation sites (tertiary alicyclic amines) is 1. The van der Waals surface area contributed by atoms with Gasteiger partial charge < -0.3 is 10.4 Å². The van der Waals surface area contributed by atoms with E-state index in [1.54, 1.807) is 0 Å². The van der Waals surface area contributed by atoms with Gasteiger partial charge in [0.1, 0.15) is 6.04 Å². The quantitative estimate of drug-likeness (QED) is 0.756. The van der Waals surface area contributed by atoms with E-state index in [-0.39, 0.29) is 18.5 Å². The van der Waals surface area contributed by atoms with Crippen LogP contribution in [0.4, 0.5) is 0 Å². The van der Waals surface area contributed by atoms with Gasteiger partial charge in [-0.2, -0.15) is 0 Å². The number of carboxylic acids is 1. The molecule has 1 amide bonds. The van der Waals surface area contributed by atoms with E-state index < -0.39 is 12.0 Å².